The Labute approximate surface area is 143 Å². The fraction of sp³-hybridized carbons (Fsp3) is 0. The Kier molecular flexibility index (Phi) is 3.99. The second-order valence-electron chi connectivity index (χ2n) is 4.68. The van der Waals surface area contributed by atoms with Crippen molar-refractivity contribution in [3.63, 3.8) is 0 Å². The average molecular weight is 425 g/mol. The second kappa shape index (κ2) is 5.95. The molecule has 0 aliphatic rings. The molecule has 3 rings (SSSR count). The molecule has 0 spiro atoms. The molecular weight excluding hydrogens is 416 g/mol. The molecule has 0 unspecified atom stereocenters. The molecule has 23 heavy (non-hydrogen) atoms. The van der Waals surface area contributed by atoms with Crippen LogP contribution < -0.4 is 5.32 Å². The highest BCUT2D eigenvalue weighted by atomic mass is 127. The highest BCUT2D eigenvalue weighted by Crippen LogP contribution is 2.27. The number of benzene rings is 1. The first-order chi connectivity index (χ1) is 11.0. The average Bonchev–Trinajstić information content (AvgIpc) is 2.99. The first-order valence-corrected chi connectivity index (χ1v) is 7.48. The fourth-order valence-corrected chi connectivity index (χ4v) is 2.67. The molecule has 6 nitrogen and oxygen atoms in total. The highest BCUT2D eigenvalue weighted by molar-refractivity contribution is 14.1. The van der Waals surface area contributed by atoms with Gasteiger partial charge in [-0.05, 0) is 46.9 Å². The van der Waals surface area contributed by atoms with E-state index in [1.54, 1.807) is 6.07 Å². The number of hydrogen-bond acceptors (Lipinski definition) is 4. The summed E-state index contributed by atoms with van der Waals surface area (Å²) in [5.74, 6) is -1.63. The largest absolute Gasteiger partial charge is 0.478 e. The molecule has 0 saturated carbocycles. The lowest BCUT2D eigenvalue weighted by Gasteiger charge is -2.14. The van der Waals surface area contributed by atoms with Crippen LogP contribution in [0.25, 0.3) is 5.52 Å². The summed E-state index contributed by atoms with van der Waals surface area (Å²) in [5, 5.41) is 12.2. The molecule has 0 radical (unpaired) electrons. The fourth-order valence-electron chi connectivity index (χ4n) is 2.22. The van der Waals surface area contributed by atoms with Crippen LogP contribution in [0, 0.1) is 9.39 Å². The van der Waals surface area contributed by atoms with E-state index in [4.69, 9.17) is 0 Å². The van der Waals surface area contributed by atoms with E-state index in [2.05, 4.69) is 10.3 Å². The molecule has 0 atom stereocenters. The number of nitrogens with one attached hydrogen (secondary N) is 1. The molecule has 3 aromatic rings. The lowest BCUT2D eigenvalue weighted by Crippen LogP contribution is -2.10. The van der Waals surface area contributed by atoms with Gasteiger partial charge in [-0.15, -0.1) is 0 Å². The zero-order valence-corrected chi connectivity index (χ0v) is 13.6. The Morgan fingerprint density at radius 3 is 2.83 bits per heavy atom. The molecule has 0 fully saturated rings. The predicted molar refractivity (Wildman–Crippen MR) is 89.9 cm³/mol. The topological polar surface area (TPSA) is 83.7 Å². The van der Waals surface area contributed by atoms with Crippen LogP contribution in [0.15, 0.2) is 36.8 Å². The van der Waals surface area contributed by atoms with Crippen molar-refractivity contribution in [3.8, 4) is 0 Å². The third kappa shape index (κ3) is 2.77. The Hall–Kier alpha value is -2.49. The molecule has 2 heterocycles. The molecule has 1 aromatic carbocycles. The van der Waals surface area contributed by atoms with Gasteiger partial charge in [0.1, 0.15) is 23.5 Å². The third-order valence-corrected chi connectivity index (χ3v) is 3.94. The van der Waals surface area contributed by atoms with Crippen molar-refractivity contribution in [2.75, 3.05) is 5.32 Å². The number of carbonyl (C=O) groups excluding carboxylic acids is 1. The van der Waals surface area contributed by atoms with E-state index >= 15 is 0 Å². The minimum absolute atomic E-state index is 0.121. The molecule has 2 N–H and O–H groups in total. The maximum atomic E-state index is 14.0. The molecule has 0 aliphatic carbocycles. The van der Waals surface area contributed by atoms with Crippen LogP contribution in [-0.2, 0) is 0 Å². The number of pyridine rings is 1. The maximum Gasteiger partial charge on any atom is 0.339 e. The normalized spacial score (nSPS) is 10.7. The van der Waals surface area contributed by atoms with Crippen LogP contribution in [0.4, 0.5) is 15.9 Å². The van der Waals surface area contributed by atoms with Gasteiger partial charge >= 0.3 is 5.97 Å². The summed E-state index contributed by atoms with van der Waals surface area (Å²) in [6.07, 6.45) is 3.35. The van der Waals surface area contributed by atoms with Crippen molar-refractivity contribution >= 4 is 51.9 Å². The number of halogens is 2. The first kappa shape index (κ1) is 15.4. The van der Waals surface area contributed by atoms with Gasteiger partial charge in [-0.2, -0.15) is 0 Å². The van der Waals surface area contributed by atoms with Gasteiger partial charge in [0.15, 0.2) is 6.29 Å². The van der Waals surface area contributed by atoms with Crippen LogP contribution in [0.5, 0.6) is 0 Å². The third-order valence-electron chi connectivity index (χ3n) is 3.27. The zero-order chi connectivity index (χ0) is 16.6. The van der Waals surface area contributed by atoms with Crippen molar-refractivity contribution in [2.45, 2.75) is 0 Å². The number of carboxylic acids is 1. The van der Waals surface area contributed by atoms with Crippen molar-refractivity contribution in [1.29, 1.82) is 0 Å². The second-order valence-corrected chi connectivity index (χ2v) is 5.93. The zero-order valence-electron chi connectivity index (χ0n) is 11.5. The lowest BCUT2D eigenvalue weighted by molar-refractivity contribution is 0.0697. The van der Waals surface area contributed by atoms with Gasteiger partial charge in [0.25, 0.3) is 0 Å². The molecule has 0 bridgehead atoms. The highest BCUT2D eigenvalue weighted by Gasteiger charge is 2.18. The van der Waals surface area contributed by atoms with E-state index < -0.39 is 11.8 Å². The Balaban J connectivity index is 2.23. The summed E-state index contributed by atoms with van der Waals surface area (Å²) < 4.78 is 16.2. The van der Waals surface area contributed by atoms with E-state index in [1.165, 1.54) is 35.1 Å². The number of imidazole rings is 1. The number of hydrogen-bond donors (Lipinski definition) is 2. The number of nitrogens with zero attached hydrogens (tertiary/aromatic N) is 2. The van der Waals surface area contributed by atoms with Gasteiger partial charge in [0.2, 0.25) is 0 Å². The van der Waals surface area contributed by atoms with Crippen molar-refractivity contribution < 1.29 is 19.1 Å². The Morgan fingerprint density at radius 2 is 2.17 bits per heavy atom. The number of anilines is 2. The number of fused-ring (bicyclic) bond motifs is 1. The molecule has 0 saturated heterocycles. The molecule has 0 aliphatic heterocycles. The SMILES string of the molecule is O=Cc1cc(C(=O)O)c(Nc2ccc(I)cc2F)n2cncc12. The monoisotopic (exact) mass is 425 g/mol. The van der Waals surface area contributed by atoms with E-state index in [1.807, 2.05) is 22.6 Å². The van der Waals surface area contributed by atoms with Gasteiger partial charge in [-0.25, -0.2) is 14.2 Å². The van der Waals surface area contributed by atoms with E-state index in [0.29, 0.717) is 15.4 Å². The van der Waals surface area contributed by atoms with Crippen molar-refractivity contribution in [2.24, 2.45) is 0 Å². The van der Waals surface area contributed by atoms with Gasteiger partial charge < -0.3 is 10.4 Å². The molecule has 8 heteroatoms. The van der Waals surface area contributed by atoms with Crippen LogP contribution in [-0.4, -0.2) is 26.7 Å². The predicted octanol–water partition coefficient (Wildman–Crippen LogP) is 3.33. The maximum absolute atomic E-state index is 14.0. The summed E-state index contributed by atoms with van der Waals surface area (Å²) in [7, 11) is 0. The molecule has 2 aromatic heterocycles. The molecule has 116 valence electrons. The summed E-state index contributed by atoms with van der Waals surface area (Å²) >= 11 is 1.98. The summed E-state index contributed by atoms with van der Waals surface area (Å²) in [4.78, 5) is 26.6. The van der Waals surface area contributed by atoms with Crippen LogP contribution in [0.1, 0.15) is 20.7 Å². The molecular formula is C15H9FIN3O3. The Morgan fingerprint density at radius 1 is 1.39 bits per heavy atom. The lowest BCUT2D eigenvalue weighted by atomic mass is 10.1. The van der Waals surface area contributed by atoms with Crippen LogP contribution in [0.3, 0.4) is 0 Å². The summed E-state index contributed by atoms with van der Waals surface area (Å²) in [5.41, 5.74) is 0.587. The number of rotatable bonds is 4. The van der Waals surface area contributed by atoms with Crippen molar-refractivity contribution in [1.82, 2.24) is 9.38 Å². The van der Waals surface area contributed by atoms with E-state index in [0.717, 1.165) is 0 Å². The number of carboxylic acid groups (broad SMARTS) is 1. The quantitative estimate of drug-likeness (QED) is 0.495. The van der Waals surface area contributed by atoms with Crippen LogP contribution in [0.2, 0.25) is 0 Å². The van der Waals surface area contributed by atoms with E-state index in [-0.39, 0.29) is 22.6 Å². The minimum Gasteiger partial charge on any atom is -0.478 e. The number of carbonyl (C=O) groups is 2. The number of aromatic carboxylic acids is 1. The van der Waals surface area contributed by atoms with Gasteiger partial charge in [0.05, 0.1) is 17.4 Å². The standard InChI is InChI=1S/C15H9FIN3O3/c16-11-4-9(17)1-2-12(11)19-14-10(15(22)23)3-8(6-21)13-5-18-7-20(13)14/h1-7,19H,(H,22,23). The number of aromatic nitrogens is 2. The van der Waals surface area contributed by atoms with E-state index in [9.17, 15) is 19.1 Å². The molecule has 0 amide bonds. The van der Waals surface area contributed by atoms with Gasteiger partial charge in [-0.3, -0.25) is 9.20 Å². The number of aldehydes is 1. The summed E-state index contributed by atoms with van der Waals surface area (Å²) in [6.45, 7) is 0. The van der Waals surface area contributed by atoms with Gasteiger partial charge in [0, 0.05) is 9.13 Å². The smallest absolute Gasteiger partial charge is 0.339 e. The minimum atomic E-state index is -1.24. The van der Waals surface area contributed by atoms with Crippen molar-refractivity contribution in [3.05, 3.63) is 57.3 Å². The van der Waals surface area contributed by atoms with Crippen LogP contribution >= 0.6 is 22.6 Å². The summed E-state index contributed by atoms with van der Waals surface area (Å²) in [6, 6.07) is 5.77. The van der Waals surface area contributed by atoms with Gasteiger partial charge in [-0.1, -0.05) is 0 Å². The Bertz CT molecular complexity index is 939. The first-order valence-electron chi connectivity index (χ1n) is 6.41.